The van der Waals surface area contributed by atoms with Gasteiger partial charge >= 0.3 is 0 Å². The highest BCUT2D eigenvalue weighted by atomic mass is 16.5. The Morgan fingerprint density at radius 2 is 1.76 bits per heavy atom. The van der Waals surface area contributed by atoms with Gasteiger partial charge in [-0.25, -0.2) is 0 Å². The lowest BCUT2D eigenvalue weighted by atomic mass is 10.2. The Morgan fingerprint density at radius 1 is 1.00 bits per heavy atom. The number of morpholine rings is 1. The first-order valence-electron chi connectivity index (χ1n) is 6.87. The minimum atomic E-state index is -0.105. The van der Waals surface area contributed by atoms with Gasteiger partial charge in [-0.2, -0.15) is 0 Å². The summed E-state index contributed by atoms with van der Waals surface area (Å²) in [5.74, 6) is 6.65. The highest BCUT2D eigenvalue weighted by Crippen LogP contribution is 2.11. The van der Waals surface area contributed by atoms with E-state index in [2.05, 4.69) is 11.8 Å². The molecule has 21 heavy (non-hydrogen) atoms. The number of carbonyl (C=O) groups is 1. The molecule has 1 aromatic carbocycles. The number of hydrogen-bond donors (Lipinski definition) is 0. The first kappa shape index (κ1) is 13.5. The molecule has 1 aromatic heterocycles. The van der Waals surface area contributed by atoms with Gasteiger partial charge in [0.1, 0.15) is 0 Å². The third-order valence-corrected chi connectivity index (χ3v) is 3.22. The third kappa shape index (κ3) is 3.33. The van der Waals surface area contributed by atoms with Crippen LogP contribution in [0.3, 0.4) is 0 Å². The van der Waals surface area contributed by atoms with Gasteiger partial charge in [0.25, 0.3) is 5.91 Å². The Hall–Kier alpha value is -2.51. The van der Waals surface area contributed by atoms with Crippen molar-refractivity contribution in [3.8, 4) is 11.8 Å². The standard InChI is InChI=1S/C17H15NO3/c19-17(18-10-12-20-13-11-18)16-9-8-15(21-16)7-6-14-4-2-1-3-5-14/h1-5,8-9H,10-13H2. The summed E-state index contributed by atoms with van der Waals surface area (Å²) in [5, 5.41) is 0. The SMILES string of the molecule is O=C(c1ccc(C#Cc2ccccc2)o1)N1CCOCC1. The van der Waals surface area contributed by atoms with E-state index in [4.69, 9.17) is 9.15 Å². The van der Waals surface area contributed by atoms with Crippen molar-refractivity contribution in [3.05, 3.63) is 59.5 Å². The zero-order chi connectivity index (χ0) is 14.5. The van der Waals surface area contributed by atoms with E-state index in [1.165, 1.54) is 0 Å². The molecule has 1 amide bonds. The molecule has 0 spiro atoms. The number of ether oxygens (including phenoxy) is 1. The monoisotopic (exact) mass is 281 g/mol. The van der Waals surface area contributed by atoms with Crippen LogP contribution in [0, 0.1) is 11.8 Å². The fourth-order valence-electron chi connectivity index (χ4n) is 2.10. The predicted octanol–water partition coefficient (Wildman–Crippen LogP) is 2.15. The highest BCUT2D eigenvalue weighted by Gasteiger charge is 2.21. The van der Waals surface area contributed by atoms with Crippen LogP contribution in [0.4, 0.5) is 0 Å². The van der Waals surface area contributed by atoms with Gasteiger partial charge in [-0.3, -0.25) is 4.79 Å². The number of furan rings is 1. The lowest BCUT2D eigenvalue weighted by molar-refractivity contribution is 0.0282. The minimum Gasteiger partial charge on any atom is -0.443 e. The molecule has 2 heterocycles. The van der Waals surface area contributed by atoms with Crippen molar-refractivity contribution in [2.24, 2.45) is 0 Å². The molecule has 1 aliphatic rings. The molecule has 0 saturated carbocycles. The van der Waals surface area contributed by atoms with Gasteiger partial charge in [0.2, 0.25) is 0 Å². The Balaban J connectivity index is 1.71. The van der Waals surface area contributed by atoms with Crippen molar-refractivity contribution in [2.75, 3.05) is 26.3 Å². The van der Waals surface area contributed by atoms with Crippen molar-refractivity contribution < 1.29 is 13.9 Å². The van der Waals surface area contributed by atoms with Gasteiger partial charge in [-0.15, -0.1) is 0 Å². The second-order valence-corrected chi connectivity index (χ2v) is 4.68. The van der Waals surface area contributed by atoms with Gasteiger partial charge in [0.05, 0.1) is 13.2 Å². The van der Waals surface area contributed by atoms with E-state index in [0.717, 1.165) is 5.56 Å². The van der Waals surface area contributed by atoms with Crippen LogP contribution in [0.15, 0.2) is 46.9 Å². The Bertz CT molecular complexity index is 673. The molecular formula is C17H15NO3. The molecule has 3 rings (SSSR count). The van der Waals surface area contributed by atoms with Crippen molar-refractivity contribution in [1.29, 1.82) is 0 Å². The number of rotatable bonds is 1. The molecule has 106 valence electrons. The summed E-state index contributed by atoms with van der Waals surface area (Å²) >= 11 is 0. The van der Waals surface area contributed by atoms with Crippen LogP contribution >= 0.6 is 0 Å². The summed E-state index contributed by atoms with van der Waals surface area (Å²) in [6, 6.07) is 13.1. The van der Waals surface area contributed by atoms with Crippen molar-refractivity contribution in [1.82, 2.24) is 4.90 Å². The van der Waals surface area contributed by atoms with Crippen LogP contribution in [-0.4, -0.2) is 37.1 Å². The predicted molar refractivity (Wildman–Crippen MR) is 77.9 cm³/mol. The van der Waals surface area contributed by atoms with Gasteiger partial charge in [-0.1, -0.05) is 24.1 Å². The summed E-state index contributed by atoms with van der Waals surface area (Å²) in [5.41, 5.74) is 0.912. The van der Waals surface area contributed by atoms with Gasteiger partial charge < -0.3 is 14.1 Å². The van der Waals surface area contributed by atoms with Crippen LogP contribution in [0.2, 0.25) is 0 Å². The maximum absolute atomic E-state index is 12.2. The normalized spacial score (nSPS) is 14.4. The molecule has 2 aromatic rings. The van der Waals surface area contributed by atoms with E-state index in [-0.39, 0.29) is 5.91 Å². The zero-order valence-corrected chi connectivity index (χ0v) is 11.5. The first-order valence-corrected chi connectivity index (χ1v) is 6.87. The Labute approximate surface area is 123 Å². The Kier molecular flexibility index (Phi) is 4.04. The van der Waals surface area contributed by atoms with Crippen LogP contribution < -0.4 is 0 Å². The quantitative estimate of drug-likeness (QED) is 0.752. The van der Waals surface area contributed by atoms with Crippen LogP contribution in [0.5, 0.6) is 0 Å². The topological polar surface area (TPSA) is 42.7 Å². The van der Waals surface area contributed by atoms with E-state index in [9.17, 15) is 4.79 Å². The zero-order valence-electron chi connectivity index (χ0n) is 11.5. The van der Waals surface area contributed by atoms with E-state index >= 15 is 0 Å². The second kappa shape index (κ2) is 6.29. The molecule has 0 bridgehead atoms. The number of benzene rings is 1. The largest absolute Gasteiger partial charge is 0.443 e. The van der Waals surface area contributed by atoms with Crippen molar-refractivity contribution in [2.45, 2.75) is 0 Å². The minimum absolute atomic E-state index is 0.105. The molecule has 4 nitrogen and oxygen atoms in total. The fraction of sp³-hybridized carbons (Fsp3) is 0.235. The average Bonchev–Trinajstić information content (AvgIpc) is 3.03. The molecule has 0 atom stereocenters. The summed E-state index contributed by atoms with van der Waals surface area (Å²) in [6.07, 6.45) is 0. The molecule has 1 saturated heterocycles. The van der Waals surface area contributed by atoms with E-state index < -0.39 is 0 Å². The molecule has 4 heteroatoms. The summed E-state index contributed by atoms with van der Waals surface area (Å²) < 4.78 is 10.7. The van der Waals surface area contributed by atoms with Gasteiger partial charge in [0, 0.05) is 18.7 Å². The molecule has 1 fully saturated rings. The highest BCUT2D eigenvalue weighted by molar-refractivity contribution is 5.91. The number of amides is 1. The van der Waals surface area contributed by atoms with Crippen LogP contribution in [-0.2, 0) is 4.74 Å². The molecular weight excluding hydrogens is 266 g/mol. The molecule has 0 radical (unpaired) electrons. The Morgan fingerprint density at radius 3 is 2.52 bits per heavy atom. The maximum Gasteiger partial charge on any atom is 0.289 e. The summed E-state index contributed by atoms with van der Waals surface area (Å²) in [6.45, 7) is 2.36. The lowest BCUT2D eigenvalue weighted by Crippen LogP contribution is -2.40. The summed E-state index contributed by atoms with van der Waals surface area (Å²) in [7, 11) is 0. The smallest absolute Gasteiger partial charge is 0.289 e. The first-order chi connectivity index (χ1) is 10.3. The van der Waals surface area contributed by atoms with E-state index in [1.807, 2.05) is 30.3 Å². The maximum atomic E-state index is 12.2. The third-order valence-electron chi connectivity index (χ3n) is 3.22. The number of carbonyl (C=O) groups excluding carboxylic acids is 1. The molecule has 1 aliphatic heterocycles. The number of hydrogen-bond acceptors (Lipinski definition) is 3. The van der Waals surface area contributed by atoms with Crippen LogP contribution in [0.1, 0.15) is 21.9 Å². The van der Waals surface area contributed by atoms with E-state index in [1.54, 1.807) is 17.0 Å². The fourth-order valence-corrected chi connectivity index (χ4v) is 2.10. The van der Waals surface area contributed by atoms with Crippen molar-refractivity contribution >= 4 is 5.91 Å². The molecule has 0 N–H and O–H groups in total. The van der Waals surface area contributed by atoms with Crippen LogP contribution in [0.25, 0.3) is 0 Å². The second-order valence-electron chi connectivity index (χ2n) is 4.68. The average molecular weight is 281 g/mol. The van der Waals surface area contributed by atoms with Gasteiger partial charge in [-0.05, 0) is 30.2 Å². The van der Waals surface area contributed by atoms with Gasteiger partial charge in [0.15, 0.2) is 11.5 Å². The van der Waals surface area contributed by atoms with E-state index in [0.29, 0.717) is 37.8 Å². The molecule has 0 aliphatic carbocycles. The number of nitrogens with zero attached hydrogens (tertiary/aromatic N) is 1. The molecule has 0 unspecified atom stereocenters. The summed E-state index contributed by atoms with van der Waals surface area (Å²) in [4.78, 5) is 13.9. The lowest BCUT2D eigenvalue weighted by Gasteiger charge is -2.25. The van der Waals surface area contributed by atoms with Crippen molar-refractivity contribution in [3.63, 3.8) is 0 Å².